The summed E-state index contributed by atoms with van der Waals surface area (Å²) in [5.74, 6) is -0.598. The summed E-state index contributed by atoms with van der Waals surface area (Å²) in [6.45, 7) is 0. The van der Waals surface area contributed by atoms with Crippen LogP contribution in [0.4, 0.5) is 5.69 Å². The number of rotatable bonds is 4. The monoisotopic (exact) mass is 290 g/mol. The van der Waals surface area contributed by atoms with Gasteiger partial charge >= 0.3 is 0 Å². The van der Waals surface area contributed by atoms with Crippen molar-refractivity contribution in [3.63, 3.8) is 0 Å². The Hall–Kier alpha value is -2.34. The SMILES string of the molecule is Nc1cccc(CC(=O)NS(=O)(=O)c2ccccc2)c1. The lowest BCUT2D eigenvalue weighted by Crippen LogP contribution is -2.31. The van der Waals surface area contributed by atoms with Crippen LogP contribution in [-0.2, 0) is 21.2 Å². The first-order valence-electron chi connectivity index (χ1n) is 5.92. The number of hydrogen-bond donors (Lipinski definition) is 2. The number of nitrogen functional groups attached to an aromatic ring is 1. The largest absolute Gasteiger partial charge is 0.399 e. The summed E-state index contributed by atoms with van der Waals surface area (Å²) in [5.41, 5.74) is 6.79. The minimum Gasteiger partial charge on any atom is -0.399 e. The molecule has 1 amide bonds. The molecule has 0 unspecified atom stereocenters. The Labute approximate surface area is 117 Å². The third kappa shape index (κ3) is 3.58. The molecule has 0 aliphatic heterocycles. The number of carbonyl (C=O) groups excluding carboxylic acids is 1. The molecule has 0 heterocycles. The fraction of sp³-hybridized carbons (Fsp3) is 0.0714. The summed E-state index contributed by atoms with van der Waals surface area (Å²) < 4.78 is 25.9. The van der Waals surface area contributed by atoms with E-state index in [0.29, 0.717) is 11.3 Å². The second kappa shape index (κ2) is 5.75. The highest BCUT2D eigenvalue weighted by Crippen LogP contribution is 2.09. The van der Waals surface area contributed by atoms with E-state index >= 15 is 0 Å². The van der Waals surface area contributed by atoms with Crippen molar-refractivity contribution >= 4 is 21.6 Å². The maximum atomic E-state index is 11.9. The number of nitrogens with two attached hydrogens (primary N) is 1. The molecule has 2 aromatic carbocycles. The molecule has 0 aromatic heterocycles. The number of nitrogens with one attached hydrogen (secondary N) is 1. The molecule has 0 fully saturated rings. The van der Waals surface area contributed by atoms with Gasteiger partial charge in [0.15, 0.2) is 0 Å². The van der Waals surface area contributed by atoms with Gasteiger partial charge in [0.05, 0.1) is 11.3 Å². The Morgan fingerprint density at radius 3 is 2.40 bits per heavy atom. The van der Waals surface area contributed by atoms with Crippen molar-refractivity contribution in [1.82, 2.24) is 4.72 Å². The van der Waals surface area contributed by atoms with Crippen molar-refractivity contribution < 1.29 is 13.2 Å². The Morgan fingerprint density at radius 2 is 1.75 bits per heavy atom. The average Bonchev–Trinajstić information content (AvgIpc) is 2.39. The van der Waals surface area contributed by atoms with Crippen LogP contribution in [0.1, 0.15) is 5.56 Å². The smallest absolute Gasteiger partial charge is 0.264 e. The zero-order chi connectivity index (χ0) is 14.6. The van der Waals surface area contributed by atoms with E-state index in [4.69, 9.17) is 5.73 Å². The predicted octanol–water partition coefficient (Wildman–Crippen LogP) is 1.32. The van der Waals surface area contributed by atoms with Crippen LogP contribution in [0.25, 0.3) is 0 Å². The molecule has 0 aliphatic carbocycles. The first kappa shape index (κ1) is 14.1. The molecule has 104 valence electrons. The summed E-state index contributed by atoms with van der Waals surface area (Å²) in [4.78, 5) is 11.8. The molecule has 0 radical (unpaired) electrons. The molecule has 5 nitrogen and oxygen atoms in total. The molecule has 2 aromatic rings. The van der Waals surface area contributed by atoms with Gasteiger partial charge < -0.3 is 5.73 Å². The Bertz CT molecular complexity index is 712. The fourth-order valence-electron chi connectivity index (χ4n) is 1.73. The van der Waals surface area contributed by atoms with E-state index < -0.39 is 15.9 Å². The highest BCUT2D eigenvalue weighted by atomic mass is 32.2. The maximum absolute atomic E-state index is 11.9. The molecule has 2 rings (SSSR count). The van der Waals surface area contributed by atoms with Crippen molar-refractivity contribution in [2.45, 2.75) is 11.3 Å². The van der Waals surface area contributed by atoms with E-state index in [2.05, 4.69) is 0 Å². The van der Waals surface area contributed by atoms with Crippen molar-refractivity contribution in [2.75, 3.05) is 5.73 Å². The highest BCUT2D eigenvalue weighted by Gasteiger charge is 2.17. The van der Waals surface area contributed by atoms with Crippen LogP contribution in [0.2, 0.25) is 0 Å². The zero-order valence-electron chi connectivity index (χ0n) is 10.6. The first-order chi connectivity index (χ1) is 9.47. The molecule has 0 aliphatic rings. The molecule has 6 heteroatoms. The summed E-state index contributed by atoms with van der Waals surface area (Å²) in [7, 11) is -3.82. The first-order valence-corrected chi connectivity index (χ1v) is 7.41. The Morgan fingerprint density at radius 1 is 1.05 bits per heavy atom. The highest BCUT2D eigenvalue weighted by molar-refractivity contribution is 7.90. The molecule has 20 heavy (non-hydrogen) atoms. The summed E-state index contributed by atoms with van der Waals surface area (Å²) in [6.07, 6.45) is -0.0445. The lowest BCUT2D eigenvalue weighted by atomic mass is 10.1. The van der Waals surface area contributed by atoms with Crippen LogP contribution in [-0.4, -0.2) is 14.3 Å². The van der Waals surface area contributed by atoms with Crippen molar-refractivity contribution in [3.05, 3.63) is 60.2 Å². The number of benzene rings is 2. The van der Waals surface area contributed by atoms with Gasteiger partial charge in [0.2, 0.25) is 5.91 Å². The van der Waals surface area contributed by atoms with Crippen LogP contribution in [0.5, 0.6) is 0 Å². The normalized spacial score (nSPS) is 11.0. The standard InChI is InChI=1S/C14H14N2O3S/c15-12-6-4-5-11(9-12)10-14(17)16-20(18,19)13-7-2-1-3-8-13/h1-9H,10,15H2,(H,16,17). The summed E-state index contributed by atoms with van der Waals surface area (Å²) in [5, 5.41) is 0. The van der Waals surface area contributed by atoms with Crippen molar-refractivity contribution in [3.8, 4) is 0 Å². The summed E-state index contributed by atoms with van der Waals surface area (Å²) >= 11 is 0. The van der Waals surface area contributed by atoms with E-state index in [-0.39, 0.29) is 11.3 Å². The van der Waals surface area contributed by atoms with Gasteiger partial charge in [-0.25, -0.2) is 13.1 Å². The number of anilines is 1. The maximum Gasteiger partial charge on any atom is 0.264 e. The molecular weight excluding hydrogens is 276 g/mol. The Balaban J connectivity index is 2.09. The van der Waals surface area contributed by atoms with E-state index in [1.54, 1.807) is 42.5 Å². The minimum absolute atomic E-state index is 0.0445. The van der Waals surface area contributed by atoms with Crippen LogP contribution in [0.3, 0.4) is 0 Å². The van der Waals surface area contributed by atoms with E-state index in [0.717, 1.165) is 0 Å². The quantitative estimate of drug-likeness (QED) is 0.831. The molecular formula is C14H14N2O3S. The van der Waals surface area contributed by atoms with Crippen LogP contribution < -0.4 is 10.5 Å². The fourth-order valence-corrected chi connectivity index (χ4v) is 2.74. The third-order valence-corrected chi connectivity index (χ3v) is 4.01. The number of carbonyl (C=O) groups is 1. The molecule has 0 bridgehead atoms. The van der Waals surface area contributed by atoms with Gasteiger partial charge in [-0.05, 0) is 29.8 Å². The Kier molecular flexibility index (Phi) is 4.05. The van der Waals surface area contributed by atoms with E-state index in [9.17, 15) is 13.2 Å². The van der Waals surface area contributed by atoms with Crippen molar-refractivity contribution in [1.29, 1.82) is 0 Å². The summed E-state index contributed by atoms with van der Waals surface area (Å²) in [6, 6.07) is 14.5. The van der Waals surface area contributed by atoms with Gasteiger partial charge in [0.1, 0.15) is 0 Å². The second-order valence-electron chi connectivity index (χ2n) is 4.26. The van der Waals surface area contributed by atoms with Gasteiger partial charge in [0.25, 0.3) is 10.0 Å². The molecule has 0 saturated carbocycles. The molecule has 0 spiro atoms. The lowest BCUT2D eigenvalue weighted by Gasteiger charge is -2.07. The van der Waals surface area contributed by atoms with Gasteiger partial charge in [-0.2, -0.15) is 0 Å². The number of sulfonamides is 1. The predicted molar refractivity (Wildman–Crippen MR) is 76.3 cm³/mol. The minimum atomic E-state index is -3.82. The van der Waals surface area contributed by atoms with Gasteiger partial charge in [-0.15, -0.1) is 0 Å². The lowest BCUT2D eigenvalue weighted by molar-refractivity contribution is -0.118. The molecule has 3 N–H and O–H groups in total. The van der Waals surface area contributed by atoms with Crippen LogP contribution >= 0.6 is 0 Å². The molecule has 0 saturated heterocycles. The topological polar surface area (TPSA) is 89.3 Å². The zero-order valence-corrected chi connectivity index (χ0v) is 11.4. The van der Waals surface area contributed by atoms with Gasteiger partial charge in [0, 0.05) is 5.69 Å². The number of hydrogen-bond acceptors (Lipinski definition) is 4. The van der Waals surface area contributed by atoms with Gasteiger partial charge in [-0.1, -0.05) is 30.3 Å². The number of amides is 1. The second-order valence-corrected chi connectivity index (χ2v) is 5.95. The molecule has 0 atom stereocenters. The third-order valence-electron chi connectivity index (χ3n) is 2.62. The van der Waals surface area contributed by atoms with Crippen LogP contribution in [0, 0.1) is 0 Å². The van der Waals surface area contributed by atoms with E-state index in [1.807, 2.05) is 4.72 Å². The average molecular weight is 290 g/mol. The van der Waals surface area contributed by atoms with Gasteiger partial charge in [-0.3, -0.25) is 4.79 Å². The van der Waals surface area contributed by atoms with Crippen molar-refractivity contribution in [2.24, 2.45) is 0 Å². The van der Waals surface area contributed by atoms with Crippen LogP contribution in [0.15, 0.2) is 59.5 Å². The van der Waals surface area contributed by atoms with E-state index in [1.165, 1.54) is 12.1 Å².